The molecule has 5 heteroatoms. The van der Waals surface area contributed by atoms with Gasteiger partial charge in [0.15, 0.2) is 0 Å². The van der Waals surface area contributed by atoms with Gasteiger partial charge in [-0.25, -0.2) is 4.98 Å². The summed E-state index contributed by atoms with van der Waals surface area (Å²) in [7, 11) is 4.07. The van der Waals surface area contributed by atoms with E-state index in [1.165, 1.54) is 0 Å². The third kappa shape index (κ3) is 6.76. The Morgan fingerprint density at radius 1 is 1.37 bits per heavy atom. The fourth-order valence-corrected chi connectivity index (χ4v) is 1.56. The van der Waals surface area contributed by atoms with Crippen molar-refractivity contribution in [3.05, 3.63) is 18.3 Å². The van der Waals surface area contributed by atoms with Crippen LogP contribution < -0.4 is 10.6 Å². The van der Waals surface area contributed by atoms with Gasteiger partial charge in [0, 0.05) is 19.5 Å². The molecule has 0 saturated carbocycles. The summed E-state index contributed by atoms with van der Waals surface area (Å²) in [4.78, 5) is 17.9. The number of amides is 1. The Balaban J connectivity index is 2.41. The molecule has 2 N–H and O–H groups in total. The van der Waals surface area contributed by atoms with Gasteiger partial charge in [0.25, 0.3) is 0 Å². The first kappa shape index (κ1) is 15.4. The van der Waals surface area contributed by atoms with Crippen LogP contribution in [-0.2, 0) is 4.79 Å². The van der Waals surface area contributed by atoms with Crippen molar-refractivity contribution in [3.8, 4) is 0 Å². The van der Waals surface area contributed by atoms with E-state index in [4.69, 9.17) is 0 Å². The highest BCUT2D eigenvalue weighted by molar-refractivity contribution is 5.89. The molecule has 0 radical (unpaired) electrons. The number of nitrogens with one attached hydrogen (secondary N) is 2. The first-order chi connectivity index (χ1) is 8.97. The van der Waals surface area contributed by atoms with Gasteiger partial charge in [0.2, 0.25) is 5.91 Å². The van der Waals surface area contributed by atoms with Crippen molar-refractivity contribution >= 4 is 17.4 Å². The number of likely N-dealkylation sites (N-methyl/N-ethyl adjacent to an activating group) is 1. The smallest absolute Gasteiger partial charge is 0.225 e. The Bertz CT molecular complexity index is 387. The topological polar surface area (TPSA) is 57.3 Å². The third-order valence-electron chi connectivity index (χ3n) is 2.51. The molecule has 0 spiro atoms. The molecular weight excluding hydrogens is 240 g/mol. The Kier molecular flexibility index (Phi) is 6.29. The Morgan fingerprint density at radius 2 is 2.11 bits per heavy atom. The van der Waals surface area contributed by atoms with Crippen molar-refractivity contribution < 1.29 is 4.79 Å². The van der Waals surface area contributed by atoms with E-state index in [1.807, 2.05) is 40.1 Å². The molecule has 0 aliphatic rings. The van der Waals surface area contributed by atoms with Gasteiger partial charge in [-0.15, -0.1) is 0 Å². The number of anilines is 2. The zero-order chi connectivity index (χ0) is 14.3. The average molecular weight is 264 g/mol. The van der Waals surface area contributed by atoms with Crippen molar-refractivity contribution in [2.24, 2.45) is 5.92 Å². The number of carbonyl (C=O) groups is 1. The Labute approximate surface area is 115 Å². The highest BCUT2D eigenvalue weighted by atomic mass is 16.1. The summed E-state index contributed by atoms with van der Waals surface area (Å²) in [5.74, 6) is 0.964. The molecule has 0 aliphatic carbocycles. The molecule has 1 amide bonds. The maximum atomic E-state index is 11.6. The zero-order valence-corrected chi connectivity index (χ0v) is 12.2. The van der Waals surface area contributed by atoms with Crippen LogP contribution in [0.2, 0.25) is 0 Å². The van der Waals surface area contributed by atoms with E-state index in [0.29, 0.717) is 18.2 Å². The number of nitrogens with zero attached hydrogens (tertiary/aromatic N) is 2. The standard InChI is InChI=1S/C14H24N4O/c1-11(2)9-14(19)17-13-6-5-12(10-16-13)15-7-8-18(3)4/h5-6,10-11,15H,7-9H2,1-4H3,(H,16,17,19). The first-order valence-corrected chi connectivity index (χ1v) is 6.62. The molecule has 5 nitrogen and oxygen atoms in total. The summed E-state index contributed by atoms with van der Waals surface area (Å²) in [5.41, 5.74) is 0.962. The zero-order valence-electron chi connectivity index (χ0n) is 12.2. The first-order valence-electron chi connectivity index (χ1n) is 6.62. The van der Waals surface area contributed by atoms with Gasteiger partial charge < -0.3 is 15.5 Å². The van der Waals surface area contributed by atoms with E-state index in [9.17, 15) is 4.79 Å². The van der Waals surface area contributed by atoms with Crippen LogP contribution in [0, 0.1) is 5.92 Å². The van der Waals surface area contributed by atoms with Gasteiger partial charge in [-0.2, -0.15) is 0 Å². The van der Waals surface area contributed by atoms with E-state index < -0.39 is 0 Å². The van der Waals surface area contributed by atoms with E-state index in [-0.39, 0.29) is 5.91 Å². The summed E-state index contributed by atoms with van der Waals surface area (Å²) in [6.07, 6.45) is 2.26. The van der Waals surface area contributed by atoms with Crippen molar-refractivity contribution in [1.29, 1.82) is 0 Å². The molecule has 0 aromatic carbocycles. The molecule has 1 aromatic heterocycles. The van der Waals surface area contributed by atoms with Gasteiger partial charge in [-0.1, -0.05) is 13.8 Å². The van der Waals surface area contributed by atoms with Gasteiger partial charge in [-0.05, 0) is 32.1 Å². The summed E-state index contributed by atoms with van der Waals surface area (Å²) in [6.45, 7) is 5.87. The Morgan fingerprint density at radius 3 is 2.63 bits per heavy atom. The van der Waals surface area contributed by atoms with Crippen LogP contribution in [-0.4, -0.2) is 43.0 Å². The number of hydrogen-bond donors (Lipinski definition) is 2. The predicted molar refractivity (Wildman–Crippen MR) is 79.4 cm³/mol. The lowest BCUT2D eigenvalue weighted by Crippen LogP contribution is -2.20. The van der Waals surface area contributed by atoms with Crippen LogP contribution in [0.25, 0.3) is 0 Å². The fourth-order valence-electron chi connectivity index (χ4n) is 1.56. The van der Waals surface area contributed by atoms with Crippen molar-refractivity contribution in [3.63, 3.8) is 0 Å². The van der Waals surface area contributed by atoms with E-state index in [0.717, 1.165) is 18.8 Å². The maximum Gasteiger partial charge on any atom is 0.225 e. The third-order valence-corrected chi connectivity index (χ3v) is 2.51. The number of hydrogen-bond acceptors (Lipinski definition) is 4. The highest BCUT2D eigenvalue weighted by Crippen LogP contribution is 2.10. The van der Waals surface area contributed by atoms with Crippen LogP contribution in [0.1, 0.15) is 20.3 Å². The summed E-state index contributed by atoms with van der Waals surface area (Å²) in [6, 6.07) is 3.74. The van der Waals surface area contributed by atoms with Crippen molar-refractivity contribution in [2.75, 3.05) is 37.8 Å². The minimum absolute atomic E-state index is 0.0100. The molecule has 106 valence electrons. The van der Waals surface area contributed by atoms with E-state index in [2.05, 4.69) is 20.5 Å². The molecule has 0 fully saturated rings. The van der Waals surface area contributed by atoms with Crippen LogP contribution in [0.15, 0.2) is 18.3 Å². The molecule has 1 heterocycles. The van der Waals surface area contributed by atoms with E-state index in [1.54, 1.807) is 6.20 Å². The summed E-state index contributed by atoms with van der Waals surface area (Å²) < 4.78 is 0. The van der Waals surface area contributed by atoms with Crippen molar-refractivity contribution in [2.45, 2.75) is 20.3 Å². The minimum Gasteiger partial charge on any atom is -0.383 e. The molecule has 0 unspecified atom stereocenters. The summed E-state index contributed by atoms with van der Waals surface area (Å²) >= 11 is 0. The van der Waals surface area contributed by atoms with Crippen LogP contribution in [0.3, 0.4) is 0 Å². The highest BCUT2D eigenvalue weighted by Gasteiger charge is 2.05. The molecule has 0 bridgehead atoms. The minimum atomic E-state index is 0.0100. The van der Waals surface area contributed by atoms with Gasteiger partial charge in [-0.3, -0.25) is 4.79 Å². The Hall–Kier alpha value is -1.62. The lowest BCUT2D eigenvalue weighted by atomic mass is 10.1. The van der Waals surface area contributed by atoms with Gasteiger partial charge in [0.05, 0.1) is 11.9 Å². The van der Waals surface area contributed by atoms with E-state index >= 15 is 0 Å². The van der Waals surface area contributed by atoms with Gasteiger partial charge in [0.1, 0.15) is 5.82 Å². The van der Waals surface area contributed by atoms with Gasteiger partial charge >= 0.3 is 0 Å². The lowest BCUT2D eigenvalue weighted by molar-refractivity contribution is -0.116. The molecule has 0 atom stereocenters. The molecule has 1 rings (SSSR count). The fraction of sp³-hybridized carbons (Fsp3) is 0.571. The SMILES string of the molecule is CC(C)CC(=O)Nc1ccc(NCCN(C)C)cn1. The van der Waals surface area contributed by atoms with Crippen LogP contribution in [0.4, 0.5) is 11.5 Å². The second-order valence-electron chi connectivity index (χ2n) is 5.31. The molecule has 0 aliphatic heterocycles. The number of pyridine rings is 1. The predicted octanol–water partition coefficient (Wildman–Crippen LogP) is 2.04. The number of aromatic nitrogens is 1. The number of carbonyl (C=O) groups excluding carboxylic acids is 1. The molecule has 0 saturated heterocycles. The second kappa shape index (κ2) is 7.74. The van der Waals surface area contributed by atoms with Crippen molar-refractivity contribution in [1.82, 2.24) is 9.88 Å². The lowest BCUT2D eigenvalue weighted by Gasteiger charge is -2.11. The largest absolute Gasteiger partial charge is 0.383 e. The molecule has 1 aromatic rings. The van der Waals surface area contributed by atoms with Crippen LogP contribution in [0.5, 0.6) is 0 Å². The maximum absolute atomic E-state index is 11.6. The molecular formula is C14H24N4O. The van der Waals surface area contributed by atoms with Crippen LogP contribution >= 0.6 is 0 Å². The normalized spacial score (nSPS) is 10.8. The molecule has 19 heavy (non-hydrogen) atoms. The second-order valence-corrected chi connectivity index (χ2v) is 5.31. The number of rotatable bonds is 7. The monoisotopic (exact) mass is 264 g/mol. The quantitative estimate of drug-likeness (QED) is 0.791. The average Bonchev–Trinajstić information content (AvgIpc) is 2.29. The summed E-state index contributed by atoms with van der Waals surface area (Å²) in [5, 5.41) is 6.06.